The van der Waals surface area contributed by atoms with Gasteiger partial charge < -0.3 is 4.74 Å². The van der Waals surface area contributed by atoms with Crippen LogP contribution in [0.2, 0.25) is 0 Å². The van der Waals surface area contributed by atoms with Gasteiger partial charge in [0.15, 0.2) is 0 Å². The van der Waals surface area contributed by atoms with E-state index < -0.39 is 0 Å². The zero-order valence-electron chi connectivity index (χ0n) is 6.99. The minimum absolute atomic E-state index is 0. The Hall–Kier alpha value is 0.305. The molecule has 0 fully saturated rings. The van der Waals surface area contributed by atoms with Crippen molar-refractivity contribution in [1.29, 1.82) is 0 Å². The van der Waals surface area contributed by atoms with Crippen molar-refractivity contribution in [2.24, 2.45) is 0 Å². The van der Waals surface area contributed by atoms with Crippen LogP contribution in [0.4, 0.5) is 0 Å². The normalized spacial score (nSPS) is 11.7. The summed E-state index contributed by atoms with van der Waals surface area (Å²) in [5, 5.41) is 0. The van der Waals surface area contributed by atoms with E-state index in [0.29, 0.717) is 6.61 Å². The number of fused-ring (bicyclic) bond motifs is 1. The molecule has 12 heavy (non-hydrogen) atoms. The van der Waals surface area contributed by atoms with Crippen molar-refractivity contribution < 1.29 is 51.5 Å². The van der Waals surface area contributed by atoms with E-state index in [4.69, 9.17) is 4.74 Å². The van der Waals surface area contributed by atoms with Gasteiger partial charge in [-0.25, -0.2) is 0 Å². The fraction of sp³-hybridized carbons (Fsp3) is 0.111. The molecular formula is C9H8CdOZn. The van der Waals surface area contributed by atoms with E-state index >= 15 is 0 Å². The van der Waals surface area contributed by atoms with Crippen molar-refractivity contribution in [3.63, 3.8) is 0 Å². The number of ether oxygens (including phenoxy) is 1. The van der Waals surface area contributed by atoms with Crippen molar-refractivity contribution in [3.8, 4) is 5.75 Å². The summed E-state index contributed by atoms with van der Waals surface area (Å²) in [4.78, 5) is 0. The molecule has 1 aliphatic rings. The molecule has 1 nitrogen and oxygen atoms in total. The summed E-state index contributed by atoms with van der Waals surface area (Å²) in [5.41, 5.74) is 1.17. The van der Waals surface area contributed by atoms with Crippen LogP contribution in [0.1, 0.15) is 5.56 Å². The van der Waals surface area contributed by atoms with E-state index in [0.717, 1.165) is 5.75 Å². The molecule has 1 aromatic carbocycles. The Morgan fingerprint density at radius 2 is 1.92 bits per heavy atom. The smallest absolute Gasteiger partial charge is 0.126 e. The second kappa shape index (κ2) is 5.87. The second-order valence-electron chi connectivity index (χ2n) is 2.25. The Bertz CT molecular complexity index is 273. The SMILES string of the molecule is C1=Cc2ccccc2OC1.[Cd].[Zn]. The molecule has 1 aliphatic heterocycles. The van der Waals surface area contributed by atoms with Gasteiger partial charge in [0.1, 0.15) is 12.4 Å². The van der Waals surface area contributed by atoms with Crippen molar-refractivity contribution in [3.05, 3.63) is 35.9 Å². The van der Waals surface area contributed by atoms with E-state index in [2.05, 4.69) is 6.08 Å². The number of hydrogen-bond donors (Lipinski definition) is 0. The van der Waals surface area contributed by atoms with Gasteiger partial charge in [0.2, 0.25) is 0 Å². The Morgan fingerprint density at radius 1 is 1.17 bits per heavy atom. The zero-order chi connectivity index (χ0) is 6.81. The molecule has 0 unspecified atom stereocenters. The van der Waals surface area contributed by atoms with Gasteiger partial charge >= 0.3 is 0 Å². The summed E-state index contributed by atoms with van der Waals surface area (Å²) >= 11 is 0. The largest absolute Gasteiger partial charge is 0.489 e. The molecule has 3 heteroatoms. The molecule has 0 saturated carbocycles. The topological polar surface area (TPSA) is 9.23 Å². The first-order valence-electron chi connectivity index (χ1n) is 3.35. The molecule has 0 spiro atoms. The molecule has 2 rings (SSSR count). The van der Waals surface area contributed by atoms with Gasteiger partial charge in [0, 0.05) is 52.3 Å². The molecular weight excluding hydrogens is 302 g/mol. The number of benzene rings is 1. The van der Waals surface area contributed by atoms with Crippen LogP contribution in [0.5, 0.6) is 5.75 Å². The fourth-order valence-corrected chi connectivity index (χ4v) is 1.06. The minimum Gasteiger partial charge on any atom is -0.489 e. The van der Waals surface area contributed by atoms with Gasteiger partial charge in [-0.15, -0.1) is 0 Å². The monoisotopic (exact) mass is 310 g/mol. The Balaban J connectivity index is 0.000000605. The molecule has 0 N–H and O–H groups in total. The average Bonchev–Trinajstić information content (AvgIpc) is 2.05. The van der Waals surface area contributed by atoms with Gasteiger partial charge in [0.05, 0.1) is 0 Å². The van der Waals surface area contributed by atoms with Crippen LogP contribution in [0, 0.1) is 0 Å². The summed E-state index contributed by atoms with van der Waals surface area (Å²) in [5.74, 6) is 0.991. The van der Waals surface area contributed by atoms with E-state index in [1.54, 1.807) is 0 Å². The van der Waals surface area contributed by atoms with Crippen LogP contribution in [0.25, 0.3) is 6.08 Å². The molecule has 0 aromatic heterocycles. The molecule has 1 aromatic rings. The molecule has 0 amide bonds. The molecule has 0 atom stereocenters. The number of hydrogen-bond acceptors (Lipinski definition) is 1. The molecule has 54 valence electrons. The third-order valence-corrected chi connectivity index (χ3v) is 1.55. The molecule has 1 heterocycles. The predicted octanol–water partition coefficient (Wildman–Crippen LogP) is 2.09. The third kappa shape index (κ3) is 2.66. The van der Waals surface area contributed by atoms with Crippen molar-refractivity contribution in [2.45, 2.75) is 0 Å². The molecule has 0 radical (unpaired) electrons. The summed E-state index contributed by atoms with van der Waals surface area (Å²) < 4.78 is 5.34. The van der Waals surface area contributed by atoms with Gasteiger partial charge in [-0.3, -0.25) is 0 Å². The third-order valence-electron chi connectivity index (χ3n) is 1.55. The van der Waals surface area contributed by atoms with Gasteiger partial charge in [-0.1, -0.05) is 24.3 Å². The molecule has 0 saturated heterocycles. The van der Waals surface area contributed by atoms with Crippen molar-refractivity contribution in [2.75, 3.05) is 6.61 Å². The van der Waals surface area contributed by atoms with Crippen LogP contribution in [0.15, 0.2) is 30.3 Å². The minimum atomic E-state index is 0. The van der Waals surface area contributed by atoms with Crippen LogP contribution < -0.4 is 4.74 Å². The summed E-state index contributed by atoms with van der Waals surface area (Å²) in [6.45, 7) is 0.705. The first-order chi connectivity index (χ1) is 4.97. The first-order valence-corrected chi connectivity index (χ1v) is 3.35. The van der Waals surface area contributed by atoms with Crippen LogP contribution in [-0.2, 0) is 46.8 Å². The van der Waals surface area contributed by atoms with Gasteiger partial charge in [0.25, 0.3) is 0 Å². The van der Waals surface area contributed by atoms with E-state index in [-0.39, 0.29) is 46.8 Å². The quantitative estimate of drug-likeness (QED) is 0.667. The maximum absolute atomic E-state index is 5.34. The molecule has 0 aliphatic carbocycles. The Labute approximate surface area is 105 Å². The molecule has 0 bridgehead atoms. The first kappa shape index (κ1) is 12.3. The van der Waals surface area contributed by atoms with Crippen LogP contribution in [0.3, 0.4) is 0 Å². The van der Waals surface area contributed by atoms with Gasteiger partial charge in [-0.2, -0.15) is 0 Å². The van der Waals surface area contributed by atoms with Crippen LogP contribution >= 0.6 is 0 Å². The predicted molar refractivity (Wildman–Crippen MR) is 41.0 cm³/mol. The number of para-hydroxylation sites is 1. The average molecular weight is 310 g/mol. The maximum Gasteiger partial charge on any atom is 0.126 e. The Kier molecular flexibility index (Phi) is 6.02. The fourth-order valence-electron chi connectivity index (χ4n) is 1.06. The number of rotatable bonds is 0. The standard InChI is InChI=1S/C9H8O.Cd.Zn/c1-2-6-9-8(4-1)5-3-7-10-9;;/h1-6H,7H2;;. The second-order valence-corrected chi connectivity index (χ2v) is 2.25. The van der Waals surface area contributed by atoms with Crippen LogP contribution in [-0.4, -0.2) is 6.61 Å². The van der Waals surface area contributed by atoms with Crippen molar-refractivity contribution in [1.82, 2.24) is 0 Å². The van der Waals surface area contributed by atoms with Crippen molar-refractivity contribution >= 4 is 6.08 Å². The summed E-state index contributed by atoms with van der Waals surface area (Å²) in [6.07, 6.45) is 4.10. The Morgan fingerprint density at radius 3 is 2.67 bits per heavy atom. The summed E-state index contributed by atoms with van der Waals surface area (Å²) in [7, 11) is 0. The summed E-state index contributed by atoms with van der Waals surface area (Å²) in [6, 6.07) is 8.03. The van der Waals surface area contributed by atoms with E-state index in [1.807, 2.05) is 30.3 Å². The van der Waals surface area contributed by atoms with Gasteiger partial charge in [-0.05, 0) is 12.1 Å². The maximum atomic E-state index is 5.34. The zero-order valence-corrected chi connectivity index (χ0v) is 14.0. The van der Waals surface area contributed by atoms with E-state index in [9.17, 15) is 0 Å². The van der Waals surface area contributed by atoms with E-state index in [1.165, 1.54) is 5.56 Å².